The fourth-order valence-electron chi connectivity index (χ4n) is 2.10. The third kappa shape index (κ3) is 4.95. The highest BCUT2D eigenvalue weighted by atomic mass is 16.5. The van der Waals surface area contributed by atoms with Crippen molar-refractivity contribution in [3.63, 3.8) is 0 Å². The van der Waals surface area contributed by atoms with E-state index < -0.39 is 0 Å². The predicted octanol–water partition coefficient (Wildman–Crippen LogP) is 4.47. The Morgan fingerprint density at radius 1 is 0.900 bits per heavy atom. The number of hydrogen-bond donors (Lipinski definition) is 0. The molecule has 3 heteroatoms. The number of rotatable bonds is 8. The Balaban J connectivity index is 3.21. The van der Waals surface area contributed by atoms with Crippen LogP contribution in [-0.4, -0.2) is 19.3 Å². The van der Waals surface area contributed by atoms with Gasteiger partial charge in [-0.3, -0.25) is 0 Å². The van der Waals surface area contributed by atoms with Gasteiger partial charge in [0.1, 0.15) is 0 Å². The fraction of sp³-hybridized carbons (Fsp3) is 0.647. The maximum Gasteiger partial charge on any atom is 0.203 e. The van der Waals surface area contributed by atoms with Gasteiger partial charge in [0.15, 0.2) is 11.5 Å². The van der Waals surface area contributed by atoms with Crippen molar-refractivity contribution in [2.24, 2.45) is 5.92 Å². The van der Waals surface area contributed by atoms with Crippen LogP contribution in [0.5, 0.6) is 17.2 Å². The summed E-state index contributed by atoms with van der Waals surface area (Å²) in [4.78, 5) is 0. The highest BCUT2D eigenvalue weighted by Crippen LogP contribution is 2.40. The average molecular weight is 280 g/mol. The van der Waals surface area contributed by atoms with Gasteiger partial charge in [-0.15, -0.1) is 0 Å². The highest BCUT2D eigenvalue weighted by Gasteiger charge is 2.16. The first-order chi connectivity index (χ1) is 9.47. The number of hydrogen-bond acceptors (Lipinski definition) is 3. The highest BCUT2D eigenvalue weighted by molar-refractivity contribution is 5.54. The summed E-state index contributed by atoms with van der Waals surface area (Å²) >= 11 is 0. The normalized spacial score (nSPS) is 11.0. The second-order valence-corrected chi connectivity index (χ2v) is 5.55. The Hall–Kier alpha value is -1.38. The van der Waals surface area contributed by atoms with Gasteiger partial charge in [0.2, 0.25) is 5.75 Å². The maximum atomic E-state index is 5.89. The van der Waals surface area contributed by atoms with Crippen LogP contribution in [-0.2, 0) is 6.42 Å². The van der Waals surface area contributed by atoms with E-state index in [1.165, 1.54) is 5.56 Å². The van der Waals surface area contributed by atoms with Crippen molar-refractivity contribution in [2.75, 3.05) is 13.2 Å². The Labute approximate surface area is 123 Å². The smallest absolute Gasteiger partial charge is 0.203 e. The fourth-order valence-corrected chi connectivity index (χ4v) is 2.10. The molecule has 0 radical (unpaired) electrons. The van der Waals surface area contributed by atoms with Gasteiger partial charge >= 0.3 is 0 Å². The van der Waals surface area contributed by atoms with Gasteiger partial charge < -0.3 is 14.2 Å². The molecule has 0 aliphatic carbocycles. The number of benzene rings is 1. The molecule has 0 amide bonds. The molecule has 114 valence electrons. The topological polar surface area (TPSA) is 27.7 Å². The largest absolute Gasteiger partial charge is 0.490 e. The second kappa shape index (κ2) is 8.03. The van der Waals surface area contributed by atoms with Crippen LogP contribution in [0.25, 0.3) is 0 Å². The van der Waals surface area contributed by atoms with Crippen molar-refractivity contribution < 1.29 is 14.2 Å². The lowest BCUT2D eigenvalue weighted by atomic mass is 10.0. The van der Waals surface area contributed by atoms with Crippen molar-refractivity contribution in [3.05, 3.63) is 17.7 Å². The zero-order valence-corrected chi connectivity index (χ0v) is 13.7. The van der Waals surface area contributed by atoms with Gasteiger partial charge in [-0.25, -0.2) is 0 Å². The van der Waals surface area contributed by atoms with Crippen molar-refractivity contribution >= 4 is 0 Å². The van der Waals surface area contributed by atoms with E-state index in [1.807, 2.05) is 27.7 Å². The van der Waals surface area contributed by atoms with E-state index in [9.17, 15) is 0 Å². The first-order valence-electron chi connectivity index (χ1n) is 7.57. The maximum absolute atomic E-state index is 5.89. The molecule has 1 rings (SSSR count). The van der Waals surface area contributed by atoms with Gasteiger partial charge in [0.05, 0.1) is 19.3 Å². The molecule has 0 heterocycles. The van der Waals surface area contributed by atoms with E-state index in [1.54, 1.807) is 0 Å². The van der Waals surface area contributed by atoms with Crippen LogP contribution in [0.1, 0.15) is 47.1 Å². The van der Waals surface area contributed by atoms with Crippen molar-refractivity contribution in [1.29, 1.82) is 0 Å². The van der Waals surface area contributed by atoms with E-state index in [-0.39, 0.29) is 6.10 Å². The lowest BCUT2D eigenvalue weighted by Gasteiger charge is -2.20. The van der Waals surface area contributed by atoms with Crippen LogP contribution in [0.15, 0.2) is 12.1 Å². The zero-order chi connectivity index (χ0) is 15.1. The Morgan fingerprint density at radius 2 is 1.40 bits per heavy atom. The monoisotopic (exact) mass is 280 g/mol. The standard InChI is InChI=1S/C17H28O3/c1-7-18-15-10-14(9-12(3)4)11-16(19-8-2)17(15)20-13(5)6/h10-13H,7-9H2,1-6H3. The van der Waals surface area contributed by atoms with Gasteiger partial charge in [-0.2, -0.15) is 0 Å². The Kier molecular flexibility index (Phi) is 6.69. The van der Waals surface area contributed by atoms with E-state index in [0.29, 0.717) is 19.1 Å². The first-order valence-corrected chi connectivity index (χ1v) is 7.57. The minimum absolute atomic E-state index is 0.0874. The van der Waals surface area contributed by atoms with Crippen molar-refractivity contribution in [1.82, 2.24) is 0 Å². The van der Waals surface area contributed by atoms with E-state index >= 15 is 0 Å². The zero-order valence-electron chi connectivity index (χ0n) is 13.7. The Morgan fingerprint density at radius 3 is 1.75 bits per heavy atom. The molecule has 1 aromatic rings. The quantitative estimate of drug-likeness (QED) is 0.703. The minimum Gasteiger partial charge on any atom is -0.490 e. The molecule has 0 aromatic heterocycles. The lowest BCUT2D eigenvalue weighted by molar-refractivity contribution is 0.207. The molecule has 0 unspecified atom stereocenters. The average Bonchev–Trinajstić information content (AvgIpc) is 2.33. The van der Waals surface area contributed by atoms with E-state index in [4.69, 9.17) is 14.2 Å². The summed E-state index contributed by atoms with van der Waals surface area (Å²) in [7, 11) is 0. The summed E-state index contributed by atoms with van der Waals surface area (Å²) in [6.07, 6.45) is 1.09. The van der Waals surface area contributed by atoms with Crippen LogP contribution in [0, 0.1) is 5.92 Å². The van der Waals surface area contributed by atoms with Crippen molar-refractivity contribution in [2.45, 2.75) is 54.1 Å². The van der Waals surface area contributed by atoms with Gasteiger partial charge in [-0.1, -0.05) is 13.8 Å². The molecule has 0 saturated heterocycles. The van der Waals surface area contributed by atoms with Gasteiger partial charge in [-0.05, 0) is 57.7 Å². The summed E-state index contributed by atoms with van der Waals surface area (Å²) in [5, 5.41) is 0. The van der Waals surface area contributed by atoms with E-state index in [2.05, 4.69) is 26.0 Å². The molecule has 0 saturated carbocycles. The minimum atomic E-state index is 0.0874. The van der Waals surface area contributed by atoms with E-state index in [0.717, 1.165) is 23.7 Å². The van der Waals surface area contributed by atoms with Crippen LogP contribution in [0.2, 0.25) is 0 Å². The molecule has 0 N–H and O–H groups in total. The van der Waals surface area contributed by atoms with Gasteiger partial charge in [0.25, 0.3) is 0 Å². The summed E-state index contributed by atoms with van der Waals surface area (Å²) < 4.78 is 17.4. The van der Waals surface area contributed by atoms with Crippen LogP contribution < -0.4 is 14.2 Å². The molecular weight excluding hydrogens is 252 g/mol. The summed E-state index contributed by atoms with van der Waals surface area (Å²) in [6.45, 7) is 13.6. The summed E-state index contributed by atoms with van der Waals surface area (Å²) in [5.41, 5.74) is 1.23. The van der Waals surface area contributed by atoms with Crippen LogP contribution in [0.3, 0.4) is 0 Å². The lowest BCUT2D eigenvalue weighted by Crippen LogP contribution is -2.10. The molecule has 0 atom stereocenters. The number of ether oxygens (including phenoxy) is 3. The molecule has 20 heavy (non-hydrogen) atoms. The third-order valence-corrected chi connectivity index (χ3v) is 2.68. The molecule has 0 aliphatic heterocycles. The van der Waals surface area contributed by atoms with Crippen LogP contribution in [0.4, 0.5) is 0 Å². The Bertz CT molecular complexity index is 384. The molecule has 0 spiro atoms. The molecule has 3 nitrogen and oxygen atoms in total. The third-order valence-electron chi connectivity index (χ3n) is 2.68. The second-order valence-electron chi connectivity index (χ2n) is 5.55. The van der Waals surface area contributed by atoms with Crippen molar-refractivity contribution in [3.8, 4) is 17.2 Å². The molecule has 1 aromatic carbocycles. The molecule has 0 fully saturated rings. The first kappa shape index (κ1) is 16.7. The van der Waals surface area contributed by atoms with Crippen LogP contribution >= 0.6 is 0 Å². The molecule has 0 aliphatic rings. The predicted molar refractivity (Wildman–Crippen MR) is 83.1 cm³/mol. The van der Waals surface area contributed by atoms with Gasteiger partial charge in [0, 0.05) is 0 Å². The SMILES string of the molecule is CCOc1cc(CC(C)C)cc(OCC)c1OC(C)C. The molecular formula is C17H28O3. The summed E-state index contributed by atoms with van der Waals surface area (Å²) in [6, 6.07) is 4.15. The molecule has 0 bridgehead atoms. The summed E-state index contributed by atoms with van der Waals surface area (Å²) in [5.74, 6) is 2.87.